The van der Waals surface area contributed by atoms with Crippen molar-refractivity contribution in [3.8, 4) is 0 Å². The fraction of sp³-hybridized carbons (Fsp3) is 0.381. The number of anilines is 1. The Hall–Kier alpha value is -2.34. The smallest absolute Gasteiger partial charge is 0.179 e. The molecule has 0 amide bonds. The number of H-pyrrole nitrogens is 1. The van der Waals surface area contributed by atoms with E-state index in [-0.39, 0.29) is 0 Å². The van der Waals surface area contributed by atoms with E-state index in [2.05, 4.69) is 46.2 Å². The van der Waals surface area contributed by atoms with Crippen molar-refractivity contribution >= 4 is 26.6 Å². The lowest BCUT2D eigenvalue weighted by Crippen LogP contribution is -2.34. The van der Waals surface area contributed by atoms with Gasteiger partial charge in [-0.2, -0.15) is 0 Å². The standard InChI is InChI=1S/C21H25N3O2S/c1-3-15-6-4-7-17-18(14-23-20(15)17)16-9-12-24(13-10-16)21-19(27(2,25)26)8-5-11-22-21/h4-8,11,14,16,23H,3,9-10,12-13H2,1-2H3. The molecule has 3 aromatic rings. The second kappa shape index (κ2) is 7.00. The number of aryl methyl sites for hydroxylation is 1. The zero-order valence-corrected chi connectivity index (χ0v) is 16.6. The van der Waals surface area contributed by atoms with Crippen molar-refractivity contribution in [3.63, 3.8) is 0 Å². The Morgan fingerprint density at radius 2 is 1.96 bits per heavy atom. The lowest BCUT2D eigenvalue weighted by Gasteiger charge is -2.33. The molecule has 4 rings (SSSR count). The van der Waals surface area contributed by atoms with Crippen LogP contribution in [0.3, 0.4) is 0 Å². The molecule has 1 N–H and O–H groups in total. The molecule has 1 aromatic carbocycles. The fourth-order valence-electron chi connectivity index (χ4n) is 4.18. The Balaban J connectivity index is 1.57. The minimum absolute atomic E-state index is 0.322. The SMILES string of the molecule is CCc1cccc2c(C3CCN(c4ncccc4S(C)(=O)=O)CC3)c[nH]c12. The molecule has 0 saturated carbocycles. The quantitative estimate of drug-likeness (QED) is 0.742. The summed E-state index contributed by atoms with van der Waals surface area (Å²) < 4.78 is 24.2. The van der Waals surface area contributed by atoms with Gasteiger partial charge in [0, 0.05) is 42.6 Å². The number of piperidine rings is 1. The van der Waals surface area contributed by atoms with Gasteiger partial charge in [-0.15, -0.1) is 0 Å². The number of fused-ring (bicyclic) bond motifs is 1. The summed E-state index contributed by atoms with van der Waals surface area (Å²) in [5, 5.41) is 1.32. The first-order valence-electron chi connectivity index (χ1n) is 9.48. The average molecular weight is 384 g/mol. The first-order valence-corrected chi connectivity index (χ1v) is 11.4. The number of sulfone groups is 1. The van der Waals surface area contributed by atoms with Crippen molar-refractivity contribution in [2.45, 2.75) is 37.0 Å². The van der Waals surface area contributed by atoms with E-state index in [1.54, 1.807) is 18.3 Å². The molecule has 3 heterocycles. The van der Waals surface area contributed by atoms with E-state index in [0.29, 0.717) is 16.6 Å². The molecule has 27 heavy (non-hydrogen) atoms. The van der Waals surface area contributed by atoms with Crippen LogP contribution < -0.4 is 4.90 Å². The fourth-order valence-corrected chi connectivity index (χ4v) is 5.02. The average Bonchev–Trinajstić information content (AvgIpc) is 3.11. The highest BCUT2D eigenvalue weighted by atomic mass is 32.2. The van der Waals surface area contributed by atoms with Gasteiger partial charge in [-0.25, -0.2) is 13.4 Å². The Morgan fingerprint density at radius 3 is 2.67 bits per heavy atom. The molecule has 1 saturated heterocycles. The van der Waals surface area contributed by atoms with Crippen LogP contribution in [0.5, 0.6) is 0 Å². The van der Waals surface area contributed by atoms with Crippen molar-refractivity contribution in [1.29, 1.82) is 0 Å². The number of pyridine rings is 1. The number of hydrogen-bond acceptors (Lipinski definition) is 4. The van der Waals surface area contributed by atoms with E-state index >= 15 is 0 Å². The van der Waals surface area contributed by atoms with Gasteiger partial charge in [0.15, 0.2) is 9.84 Å². The normalized spacial score (nSPS) is 16.1. The van der Waals surface area contributed by atoms with Gasteiger partial charge in [0.2, 0.25) is 0 Å². The van der Waals surface area contributed by atoms with E-state index in [1.807, 2.05) is 0 Å². The van der Waals surface area contributed by atoms with E-state index in [0.717, 1.165) is 32.4 Å². The molecule has 6 heteroatoms. The zero-order valence-electron chi connectivity index (χ0n) is 15.8. The second-order valence-electron chi connectivity index (χ2n) is 7.30. The Bertz CT molecular complexity index is 1060. The molecule has 0 unspecified atom stereocenters. The number of para-hydroxylation sites is 1. The highest BCUT2D eigenvalue weighted by molar-refractivity contribution is 7.90. The van der Waals surface area contributed by atoms with Gasteiger partial charge >= 0.3 is 0 Å². The molecule has 1 fully saturated rings. The number of aromatic amines is 1. The highest BCUT2D eigenvalue weighted by Gasteiger charge is 2.26. The lowest BCUT2D eigenvalue weighted by atomic mass is 9.89. The van der Waals surface area contributed by atoms with E-state index in [9.17, 15) is 8.42 Å². The summed E-state index contributed by atoms with van der Waals surface area (Å²) in [5.41, 5.74) is 3.98. The highest BCUT2D eigenvalue weighted by Crippen LogP contribution is 2.36. The minimum atomic E-state index is -3.29. The van der Waals surface area contributed by atoms with Crippen molar-refractivity contribution in [2.24, 2.45) is 0 Å². The van der Waals surface area contributed by atoms with Crippen molar-refractivity contribution in [1.82, 2.24) is 9.97 Å². The summed E-state index contributed by atoms with van der Waals surface area (Å²) in [6.45, 7) is 3.80. The molecule has 1 aliphatic heterocycles. The van der Waals surface area contributed by atoms with Crippen LogP contribution >= 0.6 is 0 Å². The second-order valence-corrected chi connectivity index (χ2v) is 9.28. The van der Waals surface area contributed by atoms with Crippen LogP contribution in [0.25, 0.3) is 10.9 Å². The van der Waals surface area contributed by atoms with Crippen molar-refractivity contribution < 1.29 is 8.42 Å². The van der Waals surface area contributed by atoms with E-state index in [1.165, 1.54) is 28.3 Å². The number of hydrogen-bond donors (Lipinski definition) is 1. The van der Waals surface area contributed by atoms with E-state index < -0.39 is 9.84 Å². The van der Waals surface area contributed by atoms with Crippen LogP contribution in [0.15, 0.2) is 47.6 Å². The molecule has 0 bridgehead atoms. The summed E-state index contributed by atoms with van der Waals surface area (Å²) in [5.74, 6) is 1.07. The maximum Gasteiger partial charge on any atom is 0.179 e. The molecule has 0 atom stereocenters. The third-order valence-corrected chi connectivity index (χ3v) is 6.72. The third-order valence-electron chi connectivity index (χ3n) is 5.60. The third kappa shape index (κ3) is 3.34. The Kier molecular flexibility index (Phi) is 4.68. The summed E-state index contributed by atoms with van der Waals surface area (Å²) in [6.07, 6.45) is 8.07. The van der Waals surface area contributed by atoms with Gasteiger partial charge < -0.3 is 9.88 Å². The predicted octanol–water partition coefficient (Wildman–Crippen LogP) is 3.91. The van der Waals surface area contributed by atoms with Crippen LogP contribution in [0.4, 0.5) is 5.82 Å². The number of nitrogens with zero attached hydrogens (tertiary/aromatic N) is 2. The molecule has 1 aliphatic rings. The summed E-state index contributed by atoms with van der Waals surface area (Å²) in [4.78, 5) is 10.3. The summed E-state index contributed by atoms with van der Waals surface area (Å²) in [7, 11) is -3.29. The minimum Gasteiger partial charge on any atom is -0.361 e. The number of nitrogens with one attached hydrogen (secondary N) is 1. The van der Waals surface area contributed by atoms with Crippen LogP contribution in [0.2, 0.25) is 0 Å². The van der Waals surface area contributed by atoms with E-state index in [4.69, 9.17) is 0 Å². The van der Waals surface area contributed by atoms with Gasteiger partial charge in [-0.3, -0.25) is 0 Å². The molecular weight excluding hydrogens is 358 g/mol. The topological polar surface area (TPSA) is 66.1 Å². The largest absolute Gasteiger partial charge is 0.361 e. The number of aromatic nitrogens is 2. The molecule has 2 aromatic heterocycles. The van der Waals surface area contributed by atoms with Gasteiger partial charge in [-0.05, 0) is 48.4 Å². The first kappa shape index (κ1) is 18.0. The first-order chi connectivity index (χ1) is 13.0. The van der Waals surface area contributed by atoms with Gasteiger partial charge in [0.05, 0.1) is 0 Å². The molecule has 0 radical (unpaired) electrons. The summed E-state index contributed by atoms with van der Waals surface area (Å²) in [6, 6.07) is 9.85. The maximum atomic E-state index is 12.1. The van der Waals surface area contributed by atoms with Crippen LogP contribution in [-0.2, 0) is 16.3 Å². The van der Waals surface area contributed by atoms with Gasteiger partial charge in [-0.1, -0.05) is 25.1 Å². The lowest BCUT2D eigenvalue weighted by molar-refractivity contribution is 0.502. The van der Waals surface area contributed by atoms with Gasteiger partial charge in [0.1, 0.15) is 10.7 Å². The number of rotatable bonds is 4. The molecule has 0 aliphatic carbocycles. The van der Waals surface area contributed by atoms with Crippen LogP contribution in [-0.4, -0.2) is 37.7 Å². The predicted molar refractivity (Wildman–Crippen MR) is 109 cm³/mol. The van der Waals surface area contributed by atoms with Crippen molar-refractivity contribution in [2.75, 3.05) is 24.2 Å². The van der Waals surface area contributed by atoms with Gasteiger partial charge in [0.25, 0.3) is 0 Å². The summed E-state index contributed by atoms with van der Waals surface area (Å²) >= 11 is 0. The zero-order chi connectivity index (χ0) is 19.0. The number of benzene rings is 1. The van der Waals surface area contributed by atoms with Crippen molar-refractivity contribution in [3.05, 3.63) is 53.9 Å². The van der Waals surface area contributed by atoms with Crippen LogP contribution in [0, 0.1) is 0 Å². The monoisotopic (exact) mass is 383 g/mol. The Labute approximate surface area is 160 Å². The van der Waals surface area contributed by atoms with Crippen LogP contribution in [0.1, 0.15) is 36.8 Å². The molecule has 0 spiro atoms. The molecular formula is C21H25N3O2S. The maximum absolute atomic E-state index is 12.1. The molecule has 5 nitrogen and oxygen atoms in total. The Morgan fingerprint density at radius 1 is 1.19 bits per heavy atom. The molecule has 142 valence electrons.